The van der Waals surface area contributed by atoms with Crippen LogP contribution in [0.25, 0.3) is 0 Å². The van der Waals surface area contributed by atoms with E-state index in [1.807, 2.05) is 0 Å². The molecule has 0 aromatic heterocycles. The van der Waals surface area contributed by atoms with Gasteiger partial charge in [0.25, 0.3) is 0 Å². The van der Waals surface area contributed by atoms with Gasteiger partial charge in [-0.1, -0.05) is 12.2 Å². The molecule has 0 aromatic rings. The molecular formula is C14H26N2O. The Morgan fingerprint density at radius 2 is 1.94 bits per heavy atom. The van der Waals surface area contributed by atoms with E-state index < -0.39 is 0 Å². The second-order valence-electron chi connectivity index (χ2n) is 5.59. The van der Waals surface area contributed by atoms with Crippen molar-refractivity contribution >= 4 is 0 Å². The summed E-state index contributed by atoms with van der Waals surface area (Å²) in [5.41, 5.74) is 1.28. The minimum atomic E-state index is 0.823. The Labute approximate surface area is 105 Å². The highest BCUT2D eigenvalue weighted by molar-refractivity contribution is 4.93. The van der Waals surface area contributed by atoms with Gasteiger partial charge in [0.05, 0.1) is 0 Å². The molecule has 1 atom stereocenters. The van der Waals surface area contributed by atoms with E-state index in [1.54, 1.807) is 0 Å². The van der Waals surface area contributed by atoms with Crippen molar-refractivity contribution in [2.75, 3.05) is 52.5 Å². The molecule has 3 heteroatoms. The Kier molecular flexibility index (Phi) is 5.01. The van der Waals surface area contributed by atoms with Crippen molar-refractivity contribution in [1.29, 1.82) is 0 Å². The van der Waals surface area contributed by atoms with Crippen molar-refractivity contribution < 1.29 is 4.74 Å². The van der Waals surface area contributed by atoms with Crippen LogP contribution in [0.4, 0.5) is 0 Å². The average Bonchev–Trinajstić information content (AvgIpc) is 2.80. The molecule has 2 fully saturated rings. The molecular weight excluding hydrogens is 212 g/mol. The van der Waals surface area contributed by atoms with Crippen molar-refractivity contribution in [1.82, 2.24) is 9.80 Å². The summed E-state index contributed by atoms with van der Waals surface area (Å²) in [6.45, 7) is 15.3. The third kappa shape index (κ3) is 4.41. The molecule has 2 aliphatic heterocycles. The van der Waals surface area contributed by atoms with E-state index in [-0.39, 0.29) is 0 Å². The van der Waals surface area contributed by atoms with Crippen LogP contribution in [-0.4, -0.2) is 62.3 Å². The summed E-state index contributed by atoms with van der Waals surface area (Å²) in [4.78, 5) is 5.12. The summed E-state index contributed by atoms with van der Waals surface area (Å²) in [6, 6.07) is 0. The van der Waals surface area contributed by atoms with Crippen LogP contribution >= 0.6 is 0 Å². The molecule has 2 heterocycles. The molecule has 2 rings (SSSR count). The van der Waals surface area contributed by atoms with Gasteiger partial charge in [0.15, 0.2) is 0 Å². The topological polar surface area (TPSA) is 15.7 Å². The molecule has 0 radical (unpaired) electrons. The molecule has 0 saturated carbocycles. The van der Waals surface area contributed by atoms with Crippen LogP contribution in [0.2, 0.25) is 0 Å². The van der Waals surface area contributed by atoms with E-state index in [0.29, 0.717) is 0 Å². The van der Waals surface area contributed by atoms with Gasteiger partial charge in [-0.25, -0.2) is 0 Å². The summed E-state index contributed by atoms with van der Waals surface area (Å²) < 4.78 is 5.42. The number of hydrogen-bond donors (Lipinski definition) is 0. The van der Waals surface area contributed by atoms with Gasteiger partial charge in [0, 0.05) is 45.9 Å². The lowest BCUT2D eigenvalue weighted by molar-refractivity contribution is 0.130. The fourth-order valence-electron chi connectivity index (χ4n) is 2.73. The largest absolute Gasteiger partial charge is 0.381 e. The second kappa shape index (κ2) is 6.53. The minimum Gasteiger partial charge on any atom is -0.381 e. The first-order valence-corrected chi connectivity index (χ1v) is 6.91. The fraction of sp³-hybridized carbons (Fsp3) is 0.857. The first-order chi connectivity index (χ1) is 8.24. The molecule has 0 aliphatic carbocycles. The molecule has 0 amide bonds. The van der Waals surface area contributed by atoms with Crippen LogP contribution in [0.3, 0.4) is 0 Å². The van der Waals surface area contributed by atoms with Gasteiger partial charge in [-0.3, -0.25) is 4.90 Å². The third-order valence-electron chi connectivity index (χ3n) is 3.84. The van der Waals surface area contributed by atoms with Gasteiger partial charge >= 0.3 is 0 Å². The Balaban J connectivity index is 1.60. The SMILES string of the molecule is C=C(C)CN1CCN(CC[C@H]2CCOC2)CC1. The van der Waals surface area contributed by atoms with E-state index in [1.165, 1.54) is 51.1 Å². The predicted molar refractivity (Wildman–Crippen MR) is 71.2 cm³/mol. The zero-order valence-electron chi connectivity index (χ0n) is 11.2. The van der Waals surface area contributed by atoms with Gasteiger partial charge in [-0.15, -0.1) is 0 Å². The Hall–Kier alpha value is -0.380. The Morgan fingerprint density at radius 1 is 1.24 bits per heavy atom. The monoisotopic (exact) mass is 238 g/mol. The third-order valence-corrected chi connectivity index (χ3v) is 3.84. The molecule has 17 heavy (non-hydrogen) atoms. The molecule has 0 bridgehead atoms. The van der Waals surface area contributed by atoms with E-state index in [4.69, 9.17) is 4.74 Å². The van der Waals surface area contributed by atoms with Crippen molar-refractivity contribution in [3.05, 3.63) is 12.2 Å². The summed E-state index contributed by atoms with van der Waals surface area (Å²) in [5, 5.41) is 0. The maximum absolute atomic E-state index is 5.42. The smallest absolute Gasteiger partial charge is 0.0495 e. The molecule has 0 unspecified atom stereocenters. The molecule has 0 N–H and O–H groups in total. The molecule has 3 nitrogen and oxygen atoms in total. The van der Waals surface area contributed by atoms with Crippen LogP contribution in [0.5, 0.6) is 0 Å². The summed E-state index contributed by atoms with van der Waals surface area (Å²) in [7, 11) is 0. The highest BCUT2D eigenvalue weighted by Gasteiger charge is 2.19. The van der Waals surface area contributed by atoms with E-state index in [9.17, 15) is 0 Å². The molecule has 2 saturated heterocycles. The van der Waals surface area contributed by atoms with Crippen molar-refractivity contribution in [2.45, 2.75) is 19.8 Å². The molecule has 2 aliphatic rings. The lowest BCUT2D eigenvalue weighted by atomic mass is 10.0. The van der Waals surface area contributed by atoms with Gasteiger partial charge in [0.2, 0.25) is 0 Å². The van der Waals surface area contributed by atoms with Crippen molar-refractivity contribution in [2.24, 2.45) is 5.92 Å². The maximum Gasteiger partial charge on any atom is 0.0495 e. The lowest BCUT2D eigenvalue weighted by Gasteiger charge is -2.35. The predicted octanol–water partition coefficient (Wildman–Crippen LogP) is 1.61. The zero-order chi connectivity index (χ0) is 12.1. The van der Waals surface area contributed by atoms with E-state index >= 15 is 0 Å². The molecule has 98 valence electrons. The van der Waals surface area contributed by atoms with Crippen LogP contribution in [0.1, 0.15) is 19.8 Å². The average molecular weight is 238 g/mol. The summed E-state index contributed by atoms with van der Waals surface area (Å²) in [5.74, 6) is 0.823. The Bertz CT molecular complexity index is 241. The fourth-order valence-corrected chi connectivity index (χ4v) is 2.73. The van der Waals surface area contributed by atoms with Crippen molar-refractivity contribution in [3.63, 3.8) is 0 Å². The zero-order valence-corrected chi connectivity index (χ0v) is 11.2. The number of hydrogen-bond acceptors (Lipinski definition) is 3. The standard InChI is InChI=1S/C14H26N2O/c1-13(2)11-16-8-6-15(7-9-16)5-3-14-4-10-17-12-14/h14H,1,3-12H2,2H3/t14-/m0/s1. The van der Waals surface area contributed by atoms with Crippen LogP contribution in [0.15, 0.2) is 12.2 Å². The number of piperazine rings is 1. The second-order valence-corrected chi connectivity index (χ2v) is 5.59. The number of nitrogens with zero attached hydrogens (tertiary/aromatic N) is 2. The van der Waals surface area contributed by atoms with Gasteiger partial charge in [0.1, 0.15) is 0 Å². The molecule has 0 spiro atoms. The first kappa shape index (κ1) is 13.1. The van der Waals surface area contributed by atoms with Gasteiger partial charge in [-0.05, 0) is 32.2 Å². The van der Waals surface area contributed by atoms with Crippen LogP contribution < -0.4 is 0 Å². The number of rotatable bonds is 5. The van der Waals surface area contributed by atoms with Crippen molar-refractivity contribution in [3.8, 4) is 0 Å². The van der Waals surface area contributed by atoms with Crippen LogP contribution in [-0.2, 0) is 4.74 Å². The van der Waals surface area contributed by atoms with Gasteiger partial charge < -0.3 is 9.64 Å². The lowest BCUT2D eigenvalue weighted by Crippen LogP contribution is -2.47. The summed E-state index contributed by atoms with van der Waals surface area (Å²) >= 11 is 0. The van der Waals surface area contributed by atoms with Crippen LogP contribution in [0, 0.1) is 5.92 Å². The normalized spacial score (nSPS) is 27.5. The van der Waals surface area contributed by atoms with E-state index in [0.717, 1.165) is 25.7 Å². The highest BCUT2D eigenvalue weighted by Crippen LogP contribution is 2.17. The Morgan fingerprint density at radius 3 is 2.53 bits per heavy atom. The number of ether oxygens (including phenoxy) is 1. The first-order valence-electron chi connectivity index (χ1n) is 6.91. The van der Waals surface area contributed by atoms with E-state index in [2.05, 4.69) is 23.3 Å². The summed E-state index contributed by atoms with van der Waals surface area (Å²) in [6.07, 6.45) is 2.59. The quantitative estimate of drug-likeness (QED) is 0.677. The minimum absolute atomic E-state index is 0.823. The molecule has 0 aromatic carbocycles. The van der Waals surface area contributed by atoms with Gasteiger partial charge in [-0.2, -0.15) is 0 Å². The maximum atomic E-state index is 5.42. The highest BCUT2D eigenvalue weighted by atomic mass is 16.5.